The van der Waals surface area contributed by atoms with Crippen LogP contribution in [-0.2, 0) is 6.42 Å². The maximum atomic E-state index is 11.7. The third kappa shape index (κ3) is 3.76. The fourth-order valence-electron chi connectivity index (χ4n) is 1.43. The number of nitrogens with zero attached hydrogens (tertiary/aromatic N) is 2. The van der Waals surface area contributed by atoms with E-state index in [2.05, 4.69) is 10.6 Å². The molecule has 6 heteroatoms. The highest BCUT2D eigenvalue weighted by Crippen LogP contribution is 2.15. The van der Waals surface area contributed by atoms with Gasteiger partial charge in [-0.25, -0.2) is 4.79 Å². The lowest BCUT2D eigenvalue weighted by Gasteiger charge is -2.10. The molecule has 4 N–H and O–H groups in total. The van der Waals surface area contributed by atoms with Crippen molar-refractivity contribution in [3.05, 3.63) is 41.2 Å². The SMILES string of the molecule is CCc1ccccc1NC(=O)NC(C#N)=C(N)C#N. The monoisotopic (exact) mass is 255 g/mol. The average Bonchev–Trinajstić information content (AvgIpc) is 2.44. The van der Waals surface area contributed by atoms with Gasteiger partial charge in [0.1, 0.15) is 17.8 Å². The number of nitriles is 2. The lowest BCUT2D eigenvalue weighted by Crippen LogP contribution is -2.29. The summed E-state index contributed by atoms with van der Waals surface area (Å²) in [5.41, 5.74) is 6.29. The molecule has 1 aromatic rings. The number of rotatable bonds is 3. The van der Waals surface area contributed by atoms with E-state index in [4.69, 9.17) is 16.3 Å². The van der Waals surface area contributed by atoms with Gasteiger partial charge < -0.3 is 11.1 Å². The fourth-order valence-corrected chi connectivity index (χ4v) is 1.43. The third-order valence-electron chi connectivity index (χ3n) is 2.39. The minimum Gasteiger partial charge on any atom is -0.388 e. The van der Waals surface area contributed by atoms with E-state index in [0.29, 0.717) is 5.69 Å². The van der Waals surface area contributed by atoms with Gasteiger partial charge in [-0.1, -0.05) is 25.1 Å². The number of benzene rings is 1. The molecule has 6 nitrogen and oxygen atoms in total. The van der Waals surface area contributed by atoms with E-state index < -0.39 is 6.03 Å². The lowest BCUT2D eigenvalue weighted by molar-refractivity contribution is 0.254. The van der Waals surface area contributed by atoms with Crippen LogP contribution in [0.2, 0.25) is 0 Å². The Morgan fingerprint density at radius 3 is 2.58 bits per heavy atom. The minimum atomic E-state index is -0.615. The molecule has 0 aromatic heterocycles. The van der Waals surface area contributed by atoms with Crippen molar-refractivity contribution >= 4 is 11.7 Å². The summed E-state index contributed by atoms with van der Waals surface area (Å²) in [7, 11) is 0. The zero-order chi connectivity index (χ0) is 14.3. The number of allylic oxidation sites excluding steroid dienone is 2. The van der Waals surface area contributed by atoms with E-state index in [9.17, 15) is 4.79 Å². The van der Waals surface area contributed by atoms with Crippen LogP contribution in [0.15, 0.2) is 35.7 Å². The number of hydrogen-bond donors (Lipinski definition) is 3. The zero-order valence-electron chi connectivity index (χ0n) is 10.4. The van der Waals surface area contributed by atoms with Crippen molar-refractivity contribution in [2.45, 2.75) is 13.3 Å². The maximum absolute atomic E-state index is 11.7. The molecule has 0 saturated carbocycles. The highest BCUT2D eigenvalue weighted by atomic mass is 16.2. The first-order valence-electron chi connectivity index (χ1n) is 5.58. The van der Waals surface area contributed by atoms with Crippen LogP contribution in [0, 0.1) is 22.7 Å². The molecular weight excluding hydrogens is 242 g/mol. The Bertz CT molecular complexity index is 592. The predicted octanol–water partition coefficient (Wildman–Crippen LogP) is 1.59. The van der Waals surface area contributed by atoms with Crippen LogP contribution >= 0.6 is 0 Å². The van der Waals surface area contributed by atoms with Crippen molar-refractivity contribution in [2.75, 3.05) is 5.32 Å². The van der Waals surface area contributed by atoms with E-state index in [-0.39, 0.29) is 11.4 Å². The maximum Gasteiger partial charge on any atom is 0.324 e. The molecule has 0 bridgehead atoms. The summed E-state index contributed by atoms with van der Waals surface area (Å²) in [4.78, 5) is 11.7. The molecule has 1 aromatic carbocycles. The van der Waals surface area contributed by atoms with Gasteiger partial charge in [0.05, 0.1) is 0 Å². The normalized spacial score (nSPS) is 10.7. The summed E-state index contributed by atoms with van der Waals surface area (Å²) in [5.74, 6) is 0. The Morgan fingerprint density at radius 1 is 1.32 bits per heavy atom. The van der Waals surface area contributed by atoms with Crippen molar-refractivity contribution in [1.82, 2.24) is 5.32 Å². The molecule has 0 radical (unpaired) electrons. The number of amides is 2. The van der Waals surface area contributed by atoms with Crippen molar-refractivity contribution in [1.29, 1.82) is 10.5 Å². The van der Waals surface area contributed by atoms with E-state index in [1.54, 1.807) is 24.3 Å². The molecule has 0 aliphatic rings. The number of carbonyl (C=O) groups excluding carboxylic acids is 1. The molecule has 19 heavy (non-hydrogen) atoms. The fraction of sp³-hybridized carbons (Fsp3) is 0.154. The second kappa shape index (κ2) is 6.67. The summed E-state index contributed by atoms with van der Waals surface area (Å²) in [5, 5.41) is 22.2. The first kappa shape index (κ1) is 14.1. The zero-order valence-corrected chi connectivity index (χ0v) is 10.4. The number of nitrogens with two attached hydrogens (primary N) is 1. The molecule has 0 heterocycles. The molecule has 0 atom stereocenters. The molecule has 0 aliphatic carbocycles. The molecular formula is C13H13N5O. The Balaban J connectivity index is 2.82. The van der Waals surface area contributed by atoms with Gasteiger partial charge in [-0.15, -0.1) is 0 Å². The molecule has 0 saturated heterocycles. The van der Waals surface area contributed by atoms with E-state index in [1.165, 1.54) is 0 Å². The van der Waals surface area contributed by atoms with Crippen LogP contribution in [0.25, 0.3) is 0 Å². The Kier molecular flexibility index (Phi) is 4.94. The van der Waals surface area contributed by atoms with Crippen molar-refractivity contribution in [3.63, 3.8) is 0 Å². The summed E-state index contributed by atoms with van der Waals surface area (Å²) in [6.07, 6.45) is 0.762. The second-order valence-electron chi connectivity index (χ2n) is 3.60. The number of carbonyl (C=O) groups is 1. The van der Waals surface area contributed by atoms with Gasteiger partial charge in [-0.3, -0.25) is 5.32 Å². The van der Waals surface area contributed by atoms with Gasteiger partial charge in [0.15, 0.2) is 5.70 Å². The highest BCUT2D eigenvalue weighted by Gasteiger charge is 2.09. The number of aryl methyl sites for hydroxylation is 1. The lowest BCUT2D eigenvalue weighted by atomic mass is 10.1. The van der Waals surface area contributed by atoms with Crippen molar-refractivity contribution in [3.8, 4) is 12.1 Å². The van der Waals surface area contributed by atoms with Gasteiger partial charge in [0.25, 0.3) is 0 Å². The van der Waals surface area contributed by atoms with E-state index in [0.717, 1.165) is 12.0 Å². The summed E-state index contributed by atoms with van der Waals surface area (Å²) < 4.78 is 0. The van der Waals surface area contributed by atoms with Crippen LogP contribution < -0.4 is 16.4 Å². The van der Waals surface area contributed by atoms with E-state index >= 15 is 0 Å². The summed E-state index contributed by atoms with van der Waals surface area (Å²) >= 11 is 0. The number of hydrogen-bond acceptors (Lipinski definition) is 4. The standard InChI is InChI=1S/C13H13N5O/c1-2-9-5-3-4-6-11(9)17-13(19)18-12(8-15)10(16)7-14/h3-6H,2,16H2,1H3,(H2,17,18,19). The molecule has 0 fully saturated rings. The van der Waals surface area contributed by atoms with Gasteiger partial charge in [-0.2, -0.15) is 10.5 Å². The Labute approximate surface area is 111 Å². The van der Waals surface area contributed by atoms with Crippen LogP contribution in [0.3, 0.4) is 0 Å². The number of nitrogens with one attached hydrogen (secondary N) is 2. The number of para-hydroxylation sites is 1. The van der Waals surface area contributed by atoms with Gasteiger partial charge in [0.2, 0.25) is 0 Å². The molecule has 1 rings (SSSR count). The van der Waals surface area contributed by atoms with Crippen LogP contribution in [0.5, 0.6) is 0 Å². The highest BCUT2D eigenvalue weighted by molar-refractivity contribution is 5.91. The van der Waals surface area contributed by atoms with Gasteiger partial charge in [-0.05, 0) is 18.1 Å². The quantitative estimate of drug-likeness (QED) is 0.711. The molecule has 0 unspecified atom stereocenters. The van der Waals surface area contributed by atoms with E-state index in [1.807, 2.05) is 19.1 Å². The predicted molar refractivity (Wildman–Crippen MR) is 70.4 cm³/mol. The number of anilines is 1. The van der Waals surface area contributed by atoms with Gasteiger partial charge in [0, 0.05) is 5.69 Å². The van der Waals surface area contributed by atoms with Crippen molar-refractivity contribution in [2.24, 2.45) is 5.73 Å². The third-order valence-corrected chi connectivity index (χ3v) is 2.39. The molecule has 2 amide bonds. The molecule has 0 aliphatic heterocycles. The second-order valence-corrected chi connectivity index (χ2v) is 3.60. The summed E-state index contributed by atoms with van der Waals surface area (Å²) in [6.45, 7) is 1.96. The molecule has 0 spiro atoms. The Hall–Kier alpha value is -2.99. The largest absolute Gasteiger partial charge is 0.388 e. The first-order valence-corrected chi connectivity index (χ1v) is 5.58. The van der Waals surface area contributed by atoms with Crippen LogP contribution in [-0.4, -0.2) is 6.03 Å². The average molecular weight is 255 g/mol. The Morgan fingerprint density at radius 2 is 2.00 bits per heavy atom. The topological polar surface area (TPSA) is 115 Å². The van der Waals surface area contributed by atoms with Crippen molar-refractivity contribution < 1.29 is 4.79 Å². The van der Waals surface area contributed by atoms with Gasteiger partial charge >= 0.3 is 6.03 Å². The minimum absolute atomic E-state index is 0.269. The smallest absolute Gasteiger partial charge is 0.324 e. The van der Waals surface area contributed by atoms with Crippen LogP contribution in [0.4, 0.5) is 10.5 Å². The molecule has 96 valence electrons. The summed E-state index contributed by atoms with van der Waals surface area (Å²) in [6, 6.07) is 9.95. The first-order chi connectivity index (χ1) is 9.12. The number of urea groups is 1. The van der Waals surface area contributed by atoms with Crippen LogP contribution in [0.1, 0.15) is 12.5 Å².